The van der Waals surface area contributed by atoms with Crippen molar-refractivity contribution >= 4 is 5.97 Å². The van der Waals surface area contributed by atoms with Gasteiger partial charge in [-0.2, -0.15) is 0 Å². The zero-order chi connectivity index (χ0) is 26.9. The van der Waals surface area contributed by atoms with Crippen LogP contribution in [0.4, 0.5) is 0 Å². The molecule has 3 heteroatoms. The van der Waals surface area contributed by atoms with Crippen LogP contribution in [0.1, 0.15) is 116 Å². The van der Waals surface area contributed by atoms with E-state index in [4.69, 9.17) is 9.47 Å². The molecule has 6 rings (SSSR count). The normalized spacial score (nSPS) is 44.8. The Morgan fingerprint density at radius 1 is 0.947 bits per heavy atom. The number of hydrogen-bond acceptors (Lipinski definition) is 3. The van der Waals surface area contributed by atoms with Crippen molar-refractivity contribution in [3.05, 3.63) is 35.9 Å². The molecule has 0 aromatic heterocycles. The average molecular weight is 521 g/mol. The number of ether oxygens (including phenoxy) is 2. The predicted molar refractivity (Wildman–Crippen MR) is 153 cm³/mol. The first-order valence-electron chi connectivity index (χ1n) is 16.0. The molecule has 4 saturated carbocycles. The van der Waals surface area contributed by atoms with E-state index in [9.17, 15) is 4.79 Å². The molecule has 3 nitrogen and oxygen atoms in total. The van der Waals surface area contributed by atoms with Gasteiger partial charge in [0.05, 0.1) is 11.7 Å². The summed E-state index contributed by atoms with van der Waals surface area (Å²) in [7, 11) is 0. The van der Waals surface area contributed by atoms with E-state index in [1.807, 2.05) is 30.3 Å². The Morgan fingerprint density at radius 3 is 2.45 bits per heavy atom. The van der Waals surface area contributed by atoms with Crippen molar-refractivity contribution in [3.63, 3.8) is 0 Å². The van der Waals surface area contributed by atoms with E-state index in [-0.39, 0.29) is 17.7 Å². The van der Waals surface area contributed by atoms with E-state index in [0.29, 0.717) is 28.4 Å². The largest absolute Gasteiger partial charge is 0.459 e. The second-order valence-electron chi connectivity index (χ2n) is 15.1. The van der Waals surface area contributed by atoms with Crippen molar-refractivity contribution in [1.82, 2.24) is 0 Å². The van der Waals surface area contributed by atoms with Crippen molar-refractivity contribution in [3.8, 4) is 0 Å². The van der Waals surface area contributed by atoms with Gasteiger partial charge < -0.3 is 9.47 Å². The third kappa shape index (κ3) is 4.03. The lowest BCUT2D eigenvalue weighted by atomic mass is 9.44. The first-order chi connectivity index (χ1) is 18.1. The molecule has 1 heterocycles. The van der Waals surface area contributed by atoms with Gasteiger partial charge in [-0.3, -0.25) is 0 Å². The summed E-state index contributed by atoms with van der Waals surface area (Å²) < 4.78 is 12.9. The second kappa shape index (κ2) is 9.64. The van der Waals surface area contributed by atoms with E-state index in [1.165, 1.54) is 51.4 Å². The van der Waals surface area contributed by atoms with Crippen molar-refractivity contribution in [1.29, 1.82) is 0 Å². The van der Waals surface area contributed by atoms with Gasteiger partial charge in [0.1, 0.15) is 11.7 Å². The molecule has 6 unspecified atom stereocenters. The van der Waals surface area contributed by atoms with Crippen LogP contribution in [0, 0.1) is 52.3 Å². The van der Waals surface area contributed by atoms with Crippen LogP contribution in [-0.2, 0) is 9.47 Å². The highest BCUT2D eigenvalue weighted by atomic mass is 16.6. The third-order valence-electron chi connectivity index (χ3n) is 13.3. The minimum Gasteiger partial charge on any atom is -0.459 e. The highest BCUT2D eigenvalue weighted by Gasteiger charge is 2.80. The number of carbonyl (C=O) groups excluding carboxylic acids is 1. The quantitative estimate of drug-likeness (QED) is 0.266. The van der Waals surface area contributed by atoms with Crippen LogP contribution in [0.2, 0.25) is 0 Å². The molecule has 5 aliphatic rings. The predicted octanol–water partition coefficient (Wildman–Crippen LogP) is 8.71. The molecular formula is C35H52O3. The summed E-state index contributed by atoms with van der Waals surface area (Å²) in [5, 5.41) is 0. The smallest absolute Gasteiger partial charge is 0.338 e. The molecule has 4 aliphatic carbocycles. The average Bonchev–Trinajstić information content (AvgIpc) is 3.57. The fourth-order valence-corrected chi connectivity index (χ4v) is 10.5. The molecule has 5 fully saturated rings. The minimum atomic E-state index is -0.150. The second-order valence-corrected chi connectivity index (χ2v) is 15.1. The van der Waals surface area contributed by atoms with Gasteiger partial charge >= 0.3 is 5.97 Å². The Morgan fingerprint density at radius 2 is 1.71 bits per heavy atom. The van der Waals surface area contributed by atoms with Gasteiger partial charge in [0.2, 0.25) is 0 Å². The Hall–Kier alpha value is -1.35. The van der Waals surface area contributed by atoms with Gasteiger partial charge in [-0.1, -0.05) is 72.6 Å². The number of epoxide rings is 1. The number of hydrogen-bond donors (Lipinski definition) is 0. The van der Waals surface area contributed by atoms with E-state index < -0.39 is 0 Å². The molecular weight excluding hydrogens is 468 g/mol. The molecule has 0 N–H and O–H groups in total. The highest BCUT2D eigenvalue weighted by molar-refractivity contribution is 5.89. The lowest BCUT2D eigenvalue weighted by Crippen LogP contribution is -2.59. The van der Waals surface area contributed by atoms with Crippen LogP contribution >= 0.6 is 0 Å². The number of fused-ring (bicyclic) bond motifs is 3. The molecule has 0 amide bonds. The summed E-state index contributed by atoms with van der Waals surface area (Å²) in [4.78, 5) is 12.8. The summed E-state index contributed by atoms with van der Waals surface area (Å²) in [5.74, 6) is 5.23. The molecule has 1 saturated heterocycles. The molecule has 1 aromatic rings. The Balaban J connectivity index is 1.13. The maximum atomic E-state index is 12.8. The van der Waals surface area contributed by atoms with Gasteiger partial charge in [-0.25, -0.2) is 4.79 Å². The first kappa shape index (κ1) is 26.9. The SMILES string of the molecule is CC(C)[C@@H](C)CC[C@@H](C)C1C[C@@H]2O[C@@]23C2CC[C@H]4CC(OC(=O)c5ccccc5)CCC4(C)C2CCC13C. The summed E-state index contributed by atoms with van der Waals surface area (Å²) in [6.45, 7) is 15.0. The number of benzene rings is 1. The van der Waals surface area contributed by atoms with Crippen LogP contribution < -0.4 is 0 Å². The van der Waals surface area contributed by atoms with E-state index in [0.717, 1.165) is 48.3 Å². The third-order valence-corrected chi connectivity index (χ3v) is 13.3. The van der Waals surface area contributed by atoms with Crippen LogP contribution in [0.15, 0.2) is 30.3 Å². The molecule has 11 atom stereocenters. The monoisotopic (exact) mass is 520 g/mol. The molecule has 1 aliphatic heterocycles. The molecule has 38 heavy (non-hydrogen) atoms. The zero-order valence-corrected chi connectivity index (χ0v) is 24.9. The van der Waals surface area contributed by atoms with Crippen LogP contribution in [0.5, 0.6) is 0 Å². The van der Waals surface area contributed by atoms with Gasteiger partial charge in [-0.15, -0.1) is 0 Å². The van der Waals surface area contributed by atoms with Crippen molar-refractivity contribution in [2.75, 3.05) is 0 Å². The molecule has 210 valence electrons. The Bertz CT molecular complexity index is 1020. The topological polar surface area (TPSA) is 38.8 Å². The maximum absolute atomic E-state index is 12.8. The highest BCUT2D eigenvalue weighted by Crippen LogP contribution is 2.77. The minimum absolute atomic E-state index is 0.0687. The van der Waals surface area contributed by atoms with Crippen LogP contribution in [-0.4, -0.2) is 23.8 Å². The molecule has 1 spiro atoms. The fourth-order valence-electron chi connectivity index (χ4n) is 10.5. The molecule has 0 bridgehead atoms. The lowest BCUT2D eigenvalue weighted by molar-refractivity contribution is -0.150. The van der Waals surface area contributed by atoms with Crippen LogP contribution in [0.25, 0.3) is 0 Å². The van der Waals surface area contributed by atoms with Crippen molar-refractivity contribution < 1.29 is 14.3 Å². The van der Waals surface area contributed by atoms with E-state index in [1.54, 1.807) is 0 Å². The Kier molecular flexibility index (Phi) is 6.81. The number of carbonyl (C=O) groups is 1. The van der Waals surface area contributed by atoms with Crippen molar-refractivity contribution in [2.45, 2.75) is 124 Å². The van der Waals surface area contributed by atoms with Crippen LogP contribution in [0.3, 0.4) is 0 Å². The van der Waals surface area contributed by atoms with Gasteiger partial charge in [0, 0.05) is 5.41 Å². The Labute approximate surface area is 231 Å². The van der Waals surface area contributed by atoms with Gasteiger partial charge in [0.15, 0.2) is 0 Å². The van der Waals surface area contributed by atoms with Gasteiger partial charge in [0.25, 0.3) is 0 Å². The van der Waals surface area contributed by atoms with Gasteiger partial charge in [-0.05, 0) is 110 Å². The zero-order valence-electron chi connectivity index (χ0n) is 24.9. The summed E-state index contributed by atoms with van der Waals surface area (Å²) in [5.41, 5.74) is 1.55. The first-order valence-corrected chi connectivity index (χ1v) is 16.0. The number of esters is 1. The summed E-state index contributed by atoms with van der Waals surface area (Å²) in [6.07, 6.45) is 13.2. The standard InChI is InChI=1S/C35H52O3/c1-22(2)23(3)12-13-24(4)30-21-31-35(38-31)29-15-14-26-20-27(37-32(36)25-10-8-7-9-11-25)16-18-33(26,5)28(29)17-19-34(30,35)6/h7-11,22-24,26-31H,12-21H2,1-6H3/t23-,24+,26-,27?,28?,29?,30?,31-,33?,34?,35-/m0/s1. The summed E-state index contributed by atoms with van der Waals surface area (Å²) >= 11 is 0. The maximum Gasteiger partial charge on any atom is 0.338 e. The van der Waals surface area contributed by atoms with E-state index >= 15 is 0 Å². The fraction of sp³-hybridized carbons (Fsp3) is 0.800. The van der Waals surface area contributed by atoms with Crippen molar-refractivity contribution in [2.24, 2.45) is 52.3 Å². The molecule has 1 aromatic carbocycles. The van der Waals surface area contributed by atoms with E-state index in [2.05, 4.69) is 41.5 Å². The summed E-state index contributed by atoms with van der Waals surface area (Å²) in [6, 6.07) is 9.52. The molecule has 0 radical (unpaired) electrons. The lowest BCUT2D eigenvalue weighted by Gasteiger charge is -2.61. The number of rotatable bonds is 7.